The second-order valence-electron chi connectivity index (χ2n) is 9.00. The Hall–Kier alpha value is -4.65. The number of benzene rings is 2. The number of piperidine rings is 1. The van der Waals surface area contributed by atoms with Crippen molar-refractivity contribution < 1.29 is 19.1 Å². The quantitative estimate of drug-likeness (QED) is 0.522. The molecule has 1 aromatic heterocycles. The highest BCUT2D eigenvalue weighted by Gasteiger charge is 2.34. The zero-order valence-corrected chi connectivity index (χ0v) is 20.3. The van der Waals surface area contributed by atoms with Gasteiger partial charge in [0.1, 0.15) is 23.7 Å². The normalized spacial score (nSPS) is 19.8. The molecule has 3 aromatic rings. The number of rotatable bonds is 1. The zero-order chi connectivity index (χ0) is 25.8. The average Bonchev–Trinajstić information content (AvgIpc) is 2.92. The summed E-state index contributed by atoms with van der Waals surface area (Å²) in [6.45, 7) is 3.02. The minimum Gasteiger partial charge on any atom is -0.488 e. The van der Waals surface area contributed by atoms with E-state index in [0.717, 1.165) is 11.1 Å². The smallest absolute Gasteiger partial charge is 0.258 e. The van der Waals surface area contributed by atoms with E-state index in [1.807, 2.05) is 36.1 Å². The van der Waals surface area contributed by atoms with E-state index >= 15 is 0 Å². The number of aromatic nitrogens is 2. The maximum atomic E-state index is 13.3. The van der Waals surface area contributed by atoms with E-state index in [1.165, 1.54) is 6.20 Å². The Morgan fingerprint density at radius 2 is 1.92 bits per heavy atom. The predicted molar refractivity (Wildman–Crippen MR) is 134 cm³/mol. The van der Waals surface area contributed by atoms with Gasteiger partial charge in [-0.25, -0.2) is 9.97 Å². The molecule has 1 fully saturated rings. The number of fused-ring (bicyclic) bond motifs is 7. The third-order valence-electron chi connectivity index (χ3n) is 6.46. The van der Waals surface area contributed by atoms with Crippen molar-refractivity contribution in [3.8, 4) is 17.6 Å². The van der Waals surface area contributed by atoms with Crippen LogP contribution in [0.25, 0.3) is 0 Å². The number of carbonyl (C=O) groups is 2. The van der Waals surface area contributed by atoms with Crippen molar-refractivity contribution in [1.29, 1.82) is 5.26 Å². The summed E-state index contributed by atoms with van der Waals surface area (Å²) in [6.07, 6.45) is 3.31. The molecule has 2 atom stereocenters. The second-order valence-corrected chi connectivity index (χ2v) is 9.00. The summed E-state index contributed by atoms with van der Waals surface area (Å²) < 4.78 is 12.1. The Labute approximate surface area is 214 Å². The van der Waals surface area contributed by atoms with Gasteiger partial charge in [0.25, 0.3) is 11.8 Å². The summed E-state index contributed by atoms with van der Waals surface area (Å²) in [5, 5.41) is 15.4. The molecule has 6 rings (SSSR count). The number of anilines is 1. The molecular weight excluding hydrogens is 472 g/mol. The molecule has 4 heterocycles. The molecule has 3 aliphatic rings. The fourth-order valence-electron chi connectivity index (χ4n) is 4.45. The fraction of sp³-hybridized carbons (Fsp3) is 0.296. The van der Waals surface area contributed by atoms with Crippen molar-refractivity contribution in [2.45, 2.75) is 32.0 Å². The Morgan fingerprint density at radius 3 is 2.73 bits per heavy atom. The molecule has 0 spiro atoms. The number of carbonyl (C=O) groups excluding carboxylic acids is 2. The third kappa shape index (κ3) is 5.46. The summed E-state index contributed by atoms with van der Waals surface area (Å²) in [5.74, 6) is 1.05. The number of nitrogens with one attached hydrogen (secondary N) is 2. The first-order chi connectivity index (χ1) is 18.0. The fourth-order valence-corrected chi connectivity index (χ4v) is 4.45. The molecule has 3 aliphatic heterocycles. The van der Waals surface area contributed by atoms with Crippen LogP contribution in [0.2, 0.25) is 0 Å². The number of aryl methyl sites for hydroxylation is 1. The molecule has 2 N–H and O–H groups in total. The SMILES string of the molecule is Cc1ccc2cc1OCC(=O)NCc1ccc(cc1)O[C@H]1CCN(c3nccnc3C#N)C[C@@H]1NC2=O. The zero-order valence-electron chi connectivity index (χ0n) is 20.3. The lowest BCUT2D eigenvalue weighted by atomic mass is 10.0. The van der Waals surface area contributed by atoms with Gasteiger partial charge in [0, 0.05) is 44.0 Å². The van der Waals surface area contributed by atoms with Gasteiger partial charge in [-0.3, -0.25) is 9.59 Å². The van der Waals surface area contributed by atoms with Gasteiger partial charge in [0.2, 0.25) is 0 Å². The largest absolute Gasteiger partial charge is 0.488 e. The highest BCUT2D eigenvalue weighted by molar-refractivity contribution is 5.95. The standard InChI is InChI=1S/C27H26N6O4/c1-17-2-5-19-12-24(17)36-16-25(34)31-14-18-3-6-20(7-4-18)37-23-8-11-33(15-22(23)32-27(19)35)26-21(13-28)29-9-10-30-26/h2-7,9-10,12,22-23H,8,11,14-16H2,1H3,(H,31,34)(H,32,35)/t22-,23-/m0/s1. The van der Waals surface area contributed by atoms with Crippen LogP contribution in [0.1, 0.15) is 33.6 Å². The molecule has 1 saturated heterocycles. The van der Waals surface area contributed by atoms with Crippen LogP contribution in [0, 0.1) is 18.3 Å². The highest BCUT2D eigenvalue weighted by Crippen LogP contribution is 2.25. The van der Waals surface area contributed by atoms with Gasteiger partial charge in [-0.1, -0.05) is 18.2 Å². The van der Waals surface area contributed by atoms with E-state index in [0.29, 0.717) is 48.9 Å². The summed E-state index contributed by atoms with van der Waals surface area (Å²) in [5.41, 5.74) is 2.38. The highest BCUT2D eigenvalue weighted by atomic mass is 16.5. The van der Waals surface area contributed by atoms with Gasteiger partial charge < -0.3 is 25.0 Å². The molecular formula is C27H26N6O4. The van der Waals surface area contributed by atoms with Crippen LogP contribution in [0.15, 0.2) is 54.9 Å². The number of hydrogen-bond donors (Lipinski definition) is 2. The van der Waals surface area contributed by atoms with Crippen molar-refractivity contribution in [2.75, 3.05) is 24.6 Å². The molecule has 4 bridgehead atoms. The first kappa shape index (κ1) is 24.1. The molecule has 0 unspecified atom stereocenters. The van der Waals surface area contributed by atoms with Crippen LogP contribution in [0.4, 0.5) is 5.82 Å². The van der Waals surface area contributed by atoms with Gasteiger partial charge in [0.15, 0.2) is 18.1 Å². The summed E-state index contributed by atoms with van der Waals surface area (Å²) in [6, 6.07) is 14.3. The third-order valence-corrected chi connectivity index (χ3v) is 6.46. The minimum absolute atomic E-state index is 0.161. The number of amides is 2. The van der Waals surface area contributed by atoms with Crippen LogP contribution in [0.3, 0.4) is 0 Å². The van der Waals surface area contributed by atoms with Crippen molar-refractivity contribution in [2.24, 2.45) is 0 Å². The van der Waals surface area contributed by atoms with E-state index in [9.17, 15) is 14.9 Å². The Bertz CT molecular complexity index is 1350. The summed E-state index contributed by atoms with van der Waals surface area (Å²) >= 11 is 0. The van der Waals surface area contributed by atoms with Gasteiger partial charge in [-0.15, -0.1) is 0 Å². The van der Waals surface area contributed by atoms with E-state index in [4.69, 9.17) is 9.47 Å². The van der Waals surface area contributed by atoms with Gasteiger partial charge in [-0.05, 0) is 42.3 Å². The van der Waals surface area contributed by atoms with E-state index in [-0.39, 0.29) is 30.2 Å². The van der Waals surface area contributed by atoms with Crippen LogP contribution < -0.4 is 25.0 Å². The van der Waals surface area contributed by atoms with Crippen molar-refractivity contribution in [3.05, 3.63) is 77.2 Å². The molecule has 0 radical (unpaired) electrons. The molecule has 37 heavy (non-hydrogen) atoms. The van der Waals surface area contributed by atoms with Crippen molar-refractivity contribution in [1.82, 2.24) is 20.6 Å². The lowest BCUT2D eigenvalue weighted by Gasteiger charge is -2.39. The number of nitriles is 1. The Balaban J connectivity index is 1.47. The maximum Gasteiger partial charge on any atom is 0.258 e. The molecule has 188 valence electrons. The molecule has 0 saturated carbocycles. The van der Waals surface area contributed by atoms with E-state index in [1.54, 1.807) is 24.4 Å². The number of hydrogen-bond acceptors (Lipinski definition) is 8. The Morgan fingerprint density at radius 1 is 1.11 bits per heavy atom. The van der Waals surface area contributed by atoms with Crippen molar-refractivity contribution in [3.63, 3.8) is 0 Å². The summed E-state index contributed by atoms with van der Waals surface area (Å²) in [4.78, 5) is 36.1. The van der Waals surface area contributed by atoms with Gasteiger partial charge >= 0.3 is 0 Å². The lowest BCUT2D eigenvalue weighted by Crippen LogP contribution is -2.57. The van der Waals surface area contributed by atoms with E-state index < -0.39 is 6.04 Å². The van der Waals surface area contributed by atoms with Crippen LogP contribution >= 0.6 is 0 Å². The molecule has 10 nitrogen and oxygen atoms in total. The lowest BCUT2D eigenvalue weighted by molar-refractivity contribution is -0.123. The first-order valence-corrected chi connectivity index (χ1v) is 12.0. The molecule has 0 aliphatic carbocycles. The van der Waals surface area contributed by atoms with Gasteiger partial charge in [0.05, 0.1) is 6.04 Å². The number of nitrogens with zero attached hydrogens (tertiary/aromatic N) is 4. The second kappa shape index (κ2) is 10.5. The monoisotopic (exact) mass is 498 g/mol. The van der Waals surface area contributed by atoms with Crippen LogP contribution in [-0.4, -0.2) is 53.6 Å². The molecule has 2 amide bonds. The predicted octanol–water partition coefficient (Wildman–Crippen LogP) is 2.12. The average molecular weight is 499 g/mol. The van der Waals surface area contributed by atoms with Crippen LogP contribution in [-0.2, 0) is 11.3 Å². The van der Waals surface area contributed by atoms with Gasteiger partial charge in [-0.2, -0.15) is 5.26 Å². The van der Waals surface area contributed by atoms with Crippen LogP contribution in [0.5, 0.6) is 11.5 Å². The minimum atomic E-state index is -0.404. The Kier molecular flexibility index (Phi) is 6.85. The number of ether oxygens (including phenoxy) is 2. The topological polar surface area (TPSA) is 129 Å². The summed E-state index contributed by atoms with van der Waals surface area (Å²) in [7, 11) is 0. The molecule has 2 aromatic carbocycles. The molecule has 10 heteroatoms. The maximum absolute atomic E-state index is 13.3. The van der Waals surface area contributed by atoms with Crippen molar-refractivity contribution >= 4 is 17.6 Å². The van der Waals surface area contributed by atoms with E-state index in [2.05, 4.69) is 26.7 Å². The first-order valence-electron chi connectivity index (χ1n) is 12.0.